The van der Waals surface area contributed by atoms with Crippen LogP contribution in [-0.2, 0) is 19.0 Å². The molecule has 0 saturated carbocycles. The van der Waals surface area contributed by atoms with E-state index in [1.165, 1.54) is 0 Å². The van der Waals surface area contributed by atoms with Crippen LogP contribution in [0.25, 0.3) is 0 Å². The van der Waals surface area contributed by atoms with Crippen LogP contribution in [-0.4, -0.2) is 51.2 Å². The lowest BCUT2D eigenvalue weighted by Crippen LogP contribution is -2.14. The summed E-state index contributed by atoms with van der Waals surface area (Å²) in [6, 6.07) is 0. The SMILES string of the molecule is COCCOCCOC(=O)CO. The minimum absolute atomic E-state index is 0.170. The van der Waals surface area contributed by atoms with Crippen molar-refractivity contribution >= 4 is 5.97 Å². The summed E-state index contributed by atoms with van der Waals surface area (Å²) in [6.45, 7) is 0.914. The third-order valence-electron chi connectivity index (χ3n) is 1.05. The topological polar surface area (TPSA) is 65.0 Å². The van der Waals surface area contributed by atoms with Gasteiger partial charge in [-0.2, -0.15) is 0 Å². The number of methoxy groups -OCH3 is 1. The fraction of sp³-hybridized carbons (Fsp3) is 0.857. The van der Waals surface area contributed by atoms with Crippen LogP contribution in [0, 0.1) is 0 Å². The standard InChI is InChI=1S/C7H14O5/c1-10-2-3-11-4-5-12-7(9)6-8/h8H,2-6H2,1H3. The summed E-state index contributed by atoms with van der Waals surface area (Å²) in [5.74, 6) is -0.634. The molecule has 72 valence electrons. The van der Waals surface area contributed by atoms with Crippen molar-refractivity contribution in [2.24, 2.45) is 0 Å². The first-order valence-electron chi connectivity index (χ1n) is 3.64. The van der Waals surface area contributed by atoms with Gasteiger partial charge in [-0.05, 0) is 0 Å². The Morgan fingerprint density at radius 2 is 1.92 bits per heavy atom. The van der Waals surface area contributed by atoms with Crippen LogP contribution in [0.3, 0.4) is 0 Å². The third kappa shape index (κ3) is 7.46. The predicted octanol–water partition coefficient (Wildman–Crippen LogP) is -0.815. The maximum atomic E-state index is 10.3. The number of aliphatic hydroxyl groups is 1. The second kappa shape index (κ2) is 8.45. The van der Waals surface area contributed by atoms with Gasteiger partial charge in [-0.3, -0.25) is 0 Å². The molecular formula is C7H14O5. The Balaban J connectivity index is 2.95. The molecule has 12 heavy (non-hydrogen) atoms. The van der Waals surface area contributed by atoms with Crippen molar-refractivity contribution in [1.29, 1.82) is 0 Å². The molecular weight excluding hydrogens is 164 g/mol. The molecule has 0 aromatic carbocycles. The van der Waals surface area contributed by atoms with E-state index in [2.05, 4.69) is 4.74 Å². The van der Waals surface area contributed by atoms with E-state index in [-0.39, 0.29) is 6.61 Å². The van der Waals surface area contributed by atoms with E-state index >= 15 is 0 Å². The van der Waals surface area contributed by atoms with E-state index < -0.39 is 12.6 Å². The second-order valence-electron chi connectivity index (χ2n) is 1.98. The lowest BCUT2D eigenvalue weighted by Gasteiger charge is -2.03. The summed E-state index contributed by atoms with van der Waals surface area (Å²) in [7, 11) is 1.58. The smallest absolute Gasteiger partial charge is 0.331 e. The van der Waals surface area contributed by atoms with Crippen molar-refractivity contribution in [3.05, 3.63) is 0 Å². The van der Waals surface area contributed by atoms with E-state index in [4.69, 9.17) is 14.6 Å². The van der Waals surface area contributed by atoms with Gasteiger partial charge in [0.25, 0.3) is 0 Å². The first-order chi connectivity index (χ1) is 5.81. The predicted molar refractivity (Wildman–Crippen MR) is 40.7 cm³/mol. The summed E-state index contributed by atoms with van der Waals surface area (Å²) in [5.41, 5.74) is 0. The molecule has 0 aliphatic rings. The molecule has 0 saturated heterocycles. The van der Waals surface area contributed by atoms with Gasteiger partial charge in [0.2, 0.25) is 0 Å². The van der Waals surface area contributed by atoms with Crippen molar-refractivity contribution in [2.75, 3.05) is 40.1 Å². The monoisotopic (exact) mass is 178 g/mol. The van der Waals surface area contributed by atoms with Crippen LogP contribution in [0.5, 0.6) is 0 Å². The summed E-state index contributed by atoms with van der Waals surface area (Å²) < 4.78 is 14.2. The van der Waals surface area contributed by atoms with Gasteiger partial charge in [-0.25, -0.2) is 4.79 Å². The Morgan fingerprint density at radius 3 is 2.50 bits per heavy atom. The van der Waals surface area contributed by atoms with Crippen LogP contribution < -0.4 is 0 Å². The minimum atomic E-state index is -0.634. The number of carbonyl (C=O) groups excluding carboxylic acids is 1. The molecule has 0 aromatic heterocycles. The van der Waals surface area contributed by atoms with Crippen molar-refractivity contribution in [3.8, 4) is 0 Å². The van der Waals surface area contributed by atoms with Crippen molar-refractivity contribution in [2.45, 2.75) is 0 Å². The van der Waals surface area contributed by atoms with Crippen LogP contribution in [0.4, 0.5) is 0 Å². The van der Waals surface area contributed by atoms with Crippen molar-refractivity contribution < 1.29 is 24.1 Å². The van der Waals surface area contributed by atoms with Crippen molar-refractivity contribution in [3.63, 3.8) is 0 Å². The minimum Gasteiger partial charge on any atom is -0.462 e. The average molecular weight is 178 g/mol. The fourth-order valence-corrected chi connectivity index (χ4v) is 0.504. The number of hydrogen-bond acceptors (Lipinski definition) is 5. The summed E-state index contributed by atoms with van der Waals surface area (Å²) in [4.78, 5) is 10.3. The van der Waals surface area contributed by atoms with Gasteiger partial charge in [0.1, 0.15) is 13.2 Å². The Bertz CT molecular complexity index is 114. The quantitative estimate of drug-likeness (QED) is 0.408. The Labute approximate surface area is 71.2 Å². The highest BCUT2D eigenvalue weighted by Crippen LogP contribution is 1.80. The van der Waals surface area contributed by atoms with Gasteiger partial charge in [0.15, 0.2) is 0 Å². The number of aliphatic hydroxyl groups excluding tert-OH is 1. The molecule has 0 aliphatic heterocycles. The third-order valence-corrected chi connectivity index (χ3v) is 1.05. The van der Waals surface area contributed by atoms with E-state index in [0.29, 0.717) is 19.8 Å². The van der Waals surface area contributed by atoms with Crippen LogP contribution in [0.1, 0.15) is 0 Å². The number of esters is 1. The molecule has 0 aromatic rings. The molecule has 5 nitrogen and oxygen atoms in total. The van der Waals surface area contributed by atoms with Crippen LogP contribution >= 0.6 is 0 Å². The Kier molecular flexibility index (Phi) is 7.99. The molecule has 0 amide bonds. The van der Waals surface area contributed by atoms with Crippen LogP contribution in [0.2, 0.25) is 0 Å². The molecule has 1 N–H and O–H groups in total. The Hall–Kier alpha value is -0.650. The normalized spacial score (nSPS) is 9.83. The lowest BCUT2D eigenvalue weighted by molar-refractivity contribution is -0.148. The number of hydrogen-bond donors (Lipinski definition) is 1. The molecule has 0 fully saturated rings. The van der Waals surface area contributed by atoms with Gasteiger partial charge in [-0.1, -0.05) is 0 Å². The fourth-order valence-electron chi connectivity index (χ4n) is 0.504. The summed E-state index contributed by atoms with van der Waals surface area (Å²) >= 11 is 0. The van der Waals surface area contributed by atoms with Crippen LogP contribution in [0.15, 0.2) is 0 Å². The molecule has 0 rings (SSSR count). The number of rotatable bonds is 7. The van der Waals surface area contributed by atoms with Gasteiger partial charge in [-0.15, -0.1) is 0 Å². The van der Waals surface area contributed by atoms with Gasteiger partial charge >= 0.3 is 5.97 Å². The lowest BCUT2D eigenvalue weighted by atomic mass is 10.7. The maximum Gasteiger partial charge on any atom is 0.331 e. The first-order valence-corrected chi connectivity index (χ1v) is 3.64. The highest BCUT2D eigenvalue weighted by atomic mass is 16.6. The first kappa shape index (κ1) is 11.4. The summed E-state index contributed by atoms with van der Waals surface area (Å²) in [5, 5.41) is 8.24. The molecule has 0 atom stereocenters. The summed E-state index contributed by atoms with van der Waals surface area (Å²) in [6.07, 6.45) is 0. The zero-order chi connectivity index (χ0) is 9.23. The van der Waals surface area contributed by atoms with E-state index in [1.54, 1.807) is 7.11 Å². The number of carbonyl (C=O) groups is 1. The maximum absolute atomic E-state index is 10.3. The highest BCUT2D eigenvalue weighted by molar-refractivity contribution is 5.70. The van der Waals surface area contributed by atoms with Gasteiger partial charge in [0.05, 0.1) is 19.8 Å². The van der Waals surface area contributed by atoms with E-state index in [1.807, 2.05) is 0 Å². The zero-order valence-corrected chi connectivity index (χ0v) is 7.12. The Morgan fingerprint density at radius 1 is 1.25 bits per heavy atom. The van der Waals surface area contributed by atoms with Gasteiger partial charge < -0.3 is 19.3 Å². The number of ether oxygens (including phenoxy) is 3. The zero-order valence-electron chi connectivity index (χ0n) is 7.12. The molecule has 0 spiro atoms. The second-order valence-corrected chi connectivity index (χ2v) is 1.98. The molecule has 0 heterocycles. The van der Waals surface area contributed by atoms with E-state index in [9.17, 15) is 4.79 Å². The largest absolute Gasteiger partial charge is 0.462 e. The molecule has 0 radical (unpaired) electrons. The van der Waals surface area contributed by atoms with Crippen molar-refractivity contribution in [1.82, 2.24) is 0 Å². The highest BCUT2D eigenvalue weighted by Gasteiger charge is 1.97. The average Bonchev–Trinajstić information content (AvgIpc) is 2.10. The molecule has 5 heteroatoms. The molecule has 0 aliphatic carbocycles. The molecule has 0 unspecified atom stereocenters. The van der Waals surface area contributed by atoms with Gasteiger partial charge in [0, 0.05) is 7.11 Å². The molecule has 0 bridgehead atoms. The van der Waals surface area contributed by atoms with E-state index in [0.717, 1.165) is 0 Å².